The Morgan fingerprint density at radius 3 is 2.30 bits per heavy atom. The summed E-state index contributed by atoms with van der Waals surface area (Å²) in [5, 5.41) is 0. The number of aryl methyl sites for hydroxylation is 2. The van der Waals surface area contributed by atoms with Gasteiger partial charge in [0.05, 0.1) is 7.11 Å². The molecule has 0 bridgehead atoms. The van der Waals surface area contributed by atoms with Crippen molar-refractivity contribution in [3.05, 3.63) is 74.3 Å². The predicted molar refractivity (Wildman–Crippen MR) is 95.0 cm³/mol. The van der Waals surface area contributed by atoms with Gasteiger partial charge in [0.2, 0.25) is 0 Å². The van der Waals surface area contributed by atoms with E-state index in [1.54, 1.807) is 13.2 Å². The highest BCUT2D eigenvalue weighted by Gasteiger charge is 2.08. The van der Waals surface area contributed by atoms with Gasteiger partial charge in [-0.1, -0.05) is 18.2 Å². The lowest BCUT2D eigenvalue weighted by Crippen LogP contribution is -1.97. The number of benzene rings is 1. The molecule has 0 radical (unpaired) electrons. The predicted octanol–water partition coefficient (Wildman–Crippen LogP) is 4.61. The second-order valence-corrected chi connectivity index (χ2v) is 5.63. The van der Waals surface area contributed by atoms with Crippen molar-refractivity contribution in [1.82, 2.24) is 0 Å². The molecule has 3 nitrogen and oxygen atoms in total. The maximum Gasteiger partial charge on any atom is 0.336 e. The number of methoxy groups -OCH3 is 1. The minimum atomic E-state index is -0.328. The molecule has 1 aromatic heterocycles. The quantitative estimate of drug-likeness (QED) is 0.774. The van der Waals surface area contributed by atoms with Crippen LogP contribution in [0.4, 0.5) is 0 Å². The zero-order valence-corrected chi connectivity index (χ0v) is 14.3. The van der Waals surface area contributed by atoms with Gasteiger partial charge in [0, 0.05) is 6.07 Å². The normalized spacial score (nSPS) is 11.5. The first-order valence-corrected chi connectivity index (χ1v) is 7.53. The maximum absolute atomic E-state index is 11.3. The van der Waals surface area contributed by atoms with Crippen LogP contribution in [0.25, 0.3) is 12.2 Å². The summed E-state index contributed by atoms with van der Waals surface area (Å²) >= 11 is 0. The molecule has 0 saturated heterocycles. The van der Waals surface area contributed by atoms with Crippen LogP contribution in [0, 0.1) is 27.7 Å². The van der Waals surface area contributed by atoms with Crippen LogP contribution in [0.2, 0.25) is 0 Å². The van der Waals surface area contributed by atoms with Gasteiger partial charge in [0.25, 0.3) is 0 Å². The van der Waals surface area contributed by atoms with Crippen molar-refractivity contribution in [2.24, 2.45) is 0 Å². The highest BCUT2D eigenvalue weighted by atomic mass is 16.5. The van der Waals surface area contributed by atoms with Crippen molar-refractivity contribution in [1.29, 1.82) is 0 Å². The summed E-state index contributed by atoms with van der Waals surface area (Å²) in [6.45, 7) is 8.09. The molecule has 1 aromatic carbocycles. The average Bonchev–Trinajstić information content (AvgIpc) is 2.49. The molecule has 0 spiro atoms. The lowest BCUT2D eigenvalue weighted by Gasteiger charge is -2.13. The highest BCUT2D eigenvalue weighted by molar-refractivity contribution is 5.64. The Labute approximate surface area is 136 Å². The molecule has 0 aliphatic heterocycles. The van der Waals surface area contributed by atoms with Gasteiger partial charge in [-0.3, -0.25) is 0 Å². The molecule has 2 aromatic rings. The smallest absolute Gasteiger partial charge is 0.336 e. The molecule has 3 heteroatoms. The van der Waals surface area contributed by atoms with Gasteiger partial charge >= 0.3 is 5.63 Å². The zero-order valence-electron chi connectivity index (χ0n) is 14.3. The Balaban J connectivity index is 2.25. The van der Waals surface area contributed by atoms with Gasteiger partial charge in [-0.2, -0.15) is 0 Å². The summed E-state index contributed by atoms with van der Waals surface area (Å²) in [6, 6.07) is 5.35. The first kappa shape index (κ1) is 16.8. The summed E-state index contributed by atoms with van der Waals surface area (Å²) < 4.78 is 10.5. The van der Waals surface area contributed by atoms with E-state index >= 15 is 0 Å². The fraction of sp³-hybridized carbons (Fsp3) is 0.250. The van der Waals surface area contributed by atoms with Crippen molar-refractivity contribution in [2.45, 2.75) is 27.7 Å². The Bertz CT molecular complexity index is 824. The van der Waals surface area contributed by atoms with Crippen molar-refractivity contribution < 1.29 is 9.15 Å². The molecule has 0 saturated carbocycles. The van der Waals surface area contributed by atoms with Crippen molar-refractivity contribution in [2.75, 3.05) is 7.11 Å². The summed E-state index contributed by atoms with van der Waals surface area (Å²) in [6.07, 6.45) is 7.66. The molecule has 0 N–H and O–H groups in total. The van der Waals surface area contributed by atoms with Crippen LogP contribution in [0.5, 0.6) is 5.75 Å². The summed E-state index contributed by atoms with van der Waals surface area (Å²) in [5.74, 6) is 1.47. The van der Waals surface area contributed by atoms with E-state index in [1.165, 1.54) is 17.2 Å². The Morgan fingerprint density at radius 2 is 1.65 bits per heavy atom. The minimum absolute atomic E-state index is 0.328. The summed E-state index contributed by atoms with van der Waals surface area (Å²) in [5.41, 5.74) is 5.25. The van der Waals surface area contributed by atoms with Crippen molar-refractivity contribution in [3.63, 3.8) is 0 Å². The molecule has 23 heavy (non-hydrogen) atoms. The number of hydrogen-bond acceptors (Lipinski definition) is 3. The summed E-state index contributed by atoms with van der Waals surface area (Å²) in [4.78, 5) is 11.3. The lowest BCUT2D eigenvalue weighted by atomic mass is 9.97. The van der Waals surface area contributed by atoms with Gasteiger partial charge in [-0.05, 0) is 73.7 Å². The molecule has 2 rings (SSSR count). The van der Waals surface area contributed by atoms with Gasteiger partial charge in [-0.15, -0.1) is 0 Å². The van der Waals surface area contributed by atoms with E-state index in [-0.39, 0.29) is 5.63 Å². The first-order chi connectivity index (χ1) is 10.9. The number of rotatable bonds is 4. The topological polar surface area (TPSA) is 39.4 Å². The molecule has 0 unspecified atom stereocenters. The fourth-order valence-electron chi connectivity index (χ4n) is 2.55. The van der Waals surface area contributed by atoms with E-state index in [0.717, 1.165) is 22.4 Å². The molecule has 0 fully saturated rings. The third-order valence-electron chi connectivity index (χ3n) is 3.90. The molecular weight excluding hydrogens is 288 g/mol. The van der Waals surface area contributed by atoms with Gasteiger partial charge < -0.3 is 9.15 Å². The van der Waals surface area contributed by atoms with Crippen LogP contribution in [0.3, 0.4) is 0 Å². The van der Waals surface area contributed by atoms with Gasteiger partial charge in [0.15, 0.2) is 0 Å². The molecule has 120 valence electrons. The number of hydrogen-bond donors (Lipinski definition) is 0. The van der Waals surface area contributed by atoms with E-state index in [9.17, 15) is 4.79 Å². The van der Waals surface area contributed by atoms with E-state index in [2.05, 4.69) is 26.8 Å². The van der Waals surface area contributed by atoms with Crippen LogP contribution in [-0.2, 0) is 0 Å². The van der Waals surface area contributed by atoms with Crippen LogP contribution in [0.15, 0.2) is 39.6 Å². The van der Waals surface area contributed by atoms with E-state index in [0.29, 0.717) is 5.76 Å². The average molecular weight is 310 g/mol. The van der Waals surface area contributed by atoms with Crippen LogP contribution in [0.1, 0.15) is 33.6 Å². The minimum Gasteiger partial charge on any atom is -0.496 e. The highest BCUT2D eigenvalue weighted by Crippen LogP contribution is 2.28. The SMILES string of the molecule is COc1cc(C)c(C=CC=Cc2cc(C)cc(=O)o2)c(C)c1C. The molecule has 0 amide bonds. The molecule has 1 heterocycles. The Kier molecular flexibility index (Phi) is 5.22. The van der Waals surface area contributed by atoms with E-state index < -0.39 is 0 Å². The Morgan fingerprint density at radius 1 is 0.957 bits per heavy atom. The van der Waals surface area contributed by atoms with Crippen LogP contribution in [-0.4, -0.2) is 7.11 Å². The first-order valence-electron chi connectivity index (χ1n) is 7.53. The van der Waals surface area contributed by atoms with Gasteiger partial charge in [0.1, 0.15) is 11.5 Å². The maximum atomic E-state index is 11.3. The molecular formula is C20H22O3. The number of allylic oxidation sites excluding steroid dienone is 2. The molecule has 0 atom stereocenters. The second-order valence-electron chi connectivity index (χ2n) is 5.63. The molecule has 0 aliphatic rings. The van der Waals surface area contributed by atoms with Crippen molar-refractivity contribution >= 4 is 12.2 Å². The zero-order chi connectivity index (χ0) is 17.0. The largest absolute Gasteiger partial charge is 0.496 e. The monoisotopic (exact) mass is 310 g/mol. The van der Waals surface area contributed by atoms with E-state index in [1.807, 2.05) is 31.2 Å². The Hall–Kier alpha value is -2.55. The molecule has 0 aliphatic carbocycles. The third kappa shape index (κ3) is 4.01. The lowest BCUT2D eigenvalue weighted by molar-refractivity contribution is 0.411. The van der Waals surface area contributed by atoms with Crippen molar-refractivity contribution in [3.8, 4) is 5.75 Å². The van der Waals surface area contributed by atoms with Crippen LogP contribution < -0.4 is 10.4 Å². The van der Waals surface area contributed by atoms with E-state index in [4.69, 9.17) is 9.15 Å². The van der Waals surface area contributed by atoms with Crippen LogP contribution >= 0.6 is 0 Å². The third-order valence-corrected chi connectivity index (χ3v) is 3.90. The number of ether oxygens (including phenoxy) is 1. The standard InChI is InChI=1S/C20H22O3/c1-13-10-17(23-20(21)11-13)8-6-7-9-18-14(2)12-19(22-5)16(4)15(18)3/h6-12H,1-5H3. The fourth-order valence-corrected chi connectivity index (χ4v) is 2.55. The second kappa shape index (κ2) is 7.14. The van der Waals surface area contributed by atoms with Gasteiger partial charge in [-0.25, -0.2) is 4.79 Å². The summed E-state index contributed by atoms with van der Waals surface area (Å²) in [7, 11) is 1.69.